The van der Waals surface area contributed by atoms with Crippen molar-refractivity contribution < 1.29 is 0 Å². The Morgan fingerprint density at radius 3 is 1.22 bits per heavy atom. The first kappa shape index (κ1) is 34.8. The molecule has 0 fully saturated rings. The fourth-order valence-corrected chi connectivity index (χ4v) is 8.47. The van der Waals surface area contributed by atoms with E-state index in [2.05, 4.69) is 122 Å². The van der Waals surface area contributed by atoms with Crippen molar-refractivity contribution in [3.63, 3.8) is 0 Å². The number of hydrogen-bond acceptors (Lipinski definition) is 8. The van der Waals surface area contributed by atoms with Crippen molar-refractivity contribution in [2.24, 2.45) is 0 Å². The first-order valence-electron chi connectivity index (χ1n) is 19.1. The first-order chi connectivity index (χ1) is 28.1. The van der Waals surface area contributed by atoms with Crippen LogP contribution >= 0.6 is 0 Å². The number of nitrogens with zero attached hydrogens (tertiary/aromatic N) is 10. The molecule has 0 spiro atoms. The van der Waals surface area contributed by atoms with Gasteiger partial charge < -0.3 is 9.13 Å². The normalized spacial score (nSPS) is 11.6. The van der Waals surface area contributed by atoms with E-state index in [0.29, 0.717) is 40.5 Å². The van der Waals surface area contributed by atoms with Gasteiger partial charge in [0.25, 0.3) is 0 Å². The van der Waals surface area contributed by atoms with E-state index < -0.39 is 0 Å². The molecule has 0 aliphatic heterocycles. The van der Waals surface area contributed by atoms with Crippen LogP contribution in [0.1, 0.15) is 40.2 Å². The smallest absolute Gasteiger partial charge is 0.163 e. The molecule has 0 saturated heterocycles. The number of aryl methyl sites for hydroxylation is 6. The summed E-state index contributed by atoms with van der Waals surface area (Å²) in [6.07, 6.45) is 0. The van der Waals surface area contributed by atoms with Crippen LogP contribution in [-0.4, -0.2) is 44.0 Å². The van der Waals surface area contributed by atoms with Gasteiger partial charge in [-0.15, -0.1) is 0 Å². The van der Waals surface area contributed by atoms with Crippen LogP contribution in [-0.2, 0) is 0 Å². The monoisotopic (exact) mass is 752 g/mol. The van der Waals surface area contributed by atoms with Crippen LogP contribution in [0, 0.1) is 52.9 Å². The minimum absolute atomic E-state index is 0.520. The lowest BCUT2D eigenvalue weighted by Crippen LogP contribution is -2.06. The second kappa shape index (κ2) is 13.2. The van der Waals surface area contributed by atoms with Gasteiger partial charge in [0.2, 0.25) is 0 Å². The summed E-state index contributed by atoms with van der Waals surface area (Å²) in [6, 6.07) is 40.5. The van der Waals surface area contributed by atoms with Crippen LogP contribution in [0.4, 0.5) is 0 Å². The summed E-state index contributed by atoms with van der Waals surface area (Å²) in [6.45, 7) is 11.6. The number of rotatable bonds is 5. The van der Waals surface area contributed by atoms with Crippen molar-refractivity contribution in [3.05, 3.63) is 149 Å². The first-order valence-corrected chi connectivity index (χ1v) is 19.1. The lowest BCUT2D eigenvalue weighted by atomic mass is 9.99. The predicted molar refractivity (Wildman–Crippen MR) is 229 cm³/mol. The molecule has 10 nitrogen and oxygen atoms in total. The molecule has 0 aliphatic carbocycles. The number of nitriles is 1. The molecule has 278 valence electrons. The van der Waals surface area contributed by atoms with Gasteiger partial charge in [0.1, 0.15) is 34.9 Å². The Kier molecular flexibility index (Phi) is 7.95. The third-order valence-corrected chi connectivity index (χ3v) is 10.7. The van der Waals surface area contributed by atoms with Crippen LogP contribution in [0.5, 0.6) is 0 Å². The van der Waals surface area contributed by atoms with Crippen molar-refractivity contribution in [2.75, 3.05) is 0 Å². The molecule has 5 aromatic carbocycles. The molecule has 0 bridgehead atoms. The molecule has 0 N–H and O–H groups in total. The standard InChI is InChI=1S/C48H36N10/c1-26-19-34(20-27(2)50-26)35-23-45(57-41-13-9-7-11-36(41)38-17-15-32(21-43(38)57)47-53-28(3)51-29(4)54-47)40(25-49)46(24-35)58-42-14-10-8-12-37(42)39-18-16-33(22-44(39)58)48-55-30(5)52-31(6)56-48/h7-24H,1-6H3. The highest BCUT2D eigenvalue weighted by Gasteiger charge is 2.24. The summed E-state index contributed by atoms with van der Waals surface area (Å²) in [5.74, 6) is 3.84. The van der Waals surface area contributed by atoms with Gasteiger partial charge >= 0.3 is 0 Å². The van der Waals surface area contributed by atoms with E-state index in [1.165, 1.54) is 0 Å². The summed E-state index contributed by atoms with van der Waals surface area (Å²) < 4.78 is 4.44. The number of aromatic nitrogens is 9. The van der Waals surface area contributed by atoms with E-state index in [-0.39, 0.29) is 0 Å². The minimum Gasteiger partial charge on any atom is -0.308 e. The van der Waals surface area contributed by atoms with Crippen molar-refractivity contribution in [3.8, 4) is 51.3 Å². The Labute approximate surface area is 334 Å². The Morgan fingerprint density at radius 2 is 0.793 bits per heavy atom. The van der Waals surface area contributed by atoms with E-state index in [0.717, 1.165) is 88.6 Å². The van der Waals surface area contributed by atoms with Gasteiger partial charge in [-0.3, -0.25) is 4.98 Å². The topological polar surface area (TPSA) is 124 Å². The van der Waals surface area contributed by atoms with Gasteiger partial charge in [-0.1, -0.05) is 60.7 Å². The summed E-state index contributed by atoms with van der Waals surface area (Å²) >= 11 is 0. The Bertz CT molecular complexity index is 3130. The van der Waals surface area contributed by atoms with Crippen molar-refractivity contribution in [1.29, 1.82) is 5.26 Å². The third kappa shape index (κ3) is 5.67. The molecule has 0 amide bonds. The van der Waals surface area contributed by atoms with Gasteiger partial charge in [0.05, 0.1) is 33.4 Å². The molecule has 5 heterocycles. The van der Waals surface area contributed by atoms with Crippen molar-refractivity contribution in [2.45, 2.75) is 41.5 Å². The average molecular weight is 753 g/mol. The number of hydrogen-bond donors (Lipinski definition) is 0. The maximum atomic E-state index is 11.5. The summed E-state index contributed by atoms with van der Waals surface area (Å²) in [5.41, 5.74) is 11.3. The fourth-order valence-electron chi connectivity index (χ4n) is 8.47. The van der Waals surface area contributed by atoms with Crippen LogP contribution < -0.4 is 0 Å². The summed E-state index contributed by atoms with van der Waals surface area (Å²) in [5, 5.41) is 15.7. The zero-order chi connectivity index (χ0) is 39.8. The summed E-state index contributed by atoms with van der Waals surface area (Å²) in [4.78, 5) is 32.4. The van der Waals surface area contributed by atoms with E-state index in [4.69, 9.17) is 24.9 Å². The third-order valence-electron chi connectivity index (χ3n) is 10.7. The van der Waals surface area contributed by atoms with Crippen LogP contribution in [0.15, 0.2) is 109 Å². The number of benzene rings is 5. The van der Waals surface area contributed by atoms with Crippen LogP contribution in [0.25, 0.3) is 88.9 Å². The van der Waals surface area contributed by atoms with Gasteiger partial charge in [0, 0.05) is 44.1 Å². The highest BCUT2D eigenvalue weighted by Crippen LogP contribution is 2.41. The summed E-state index contributed by atoms with van der Waals surface area (Å²) in [7, 11) is 0. The molecule has 0 atom stereocenters. The number of fused-ring (bicyclic) bond motifs is 6. The molecule has 5 aromatic heterocycles. The molecular weight excluding hydrogens is 717 g/mol. The molecule has 58 heavy (non-hydrogen) atoms. The Hall–Kier alpha value is -7.64. The van der Waals surface area contributed by atoms with Gasteiger partial charge in [0.15, 0.2) is 11.6 Å². The van der Waals surface area contributed by atoms with E-state index in [1.807, 2.05) is 53.7 Å². The van der Waals surface area contributed by atoms with E-state index in [9.17, 15) is 5.26 Å². The zero-order valence-electron chi connectivity index (χ0n) is 32.9. The maximum Gasteiger partial charge on any atom is 0.163 e. The van der Waals surface area contributed by atoms with E-state index in [1.54, 1.807) is 0 Å². The second-order valence-corrected chi connectivity index (χ2v) is 14.8. The second-order valence-electron chi connectivity index (χ2n) is 14.8. The molecule has 10 rings (SSSR count). The molecule has 0 unspecified atom stereocenters. The van der Waals surface area contributed by atoms with Crippen molar-refractivity contribution in [1.82, 2.24) is 44.0 Å². The largest absolute Gasteiger partial charge is 0.308 e. The predicted octanol–water partition coefficient (Wildman–Crippen LogP) is 10.4. The van der Waals surface area contributed by atoms with Crippen LogP contribution in [0.2, 0.25) is 0 Å². The minimum atomic E-state index is 0.520. The fraction of sp³-hybridized carbons (Fsp3) is 0.125. The van der Waals surface area contributed by atoms with E-state index >= 15 is 0 Å². The molecule has 0 radical (unpaired) electrons. The molecule has 10 aromatic rings. The van der Waals surface area contributed by atoms with Gasteiger partial charge in [-0.25, -0.2) is 29.9 Å². The van der Waals surface area contributed by atoms with Crippen LogP contribution in [0.3, 0.4) is 0 Å². The molecule has 0 aliphatic rings. The molecule has 10 heteroatoms. The Morgan fingerprint density at radius 1 is 0.397 bits per heavy atom. The lowest BCUT2D eigenvalue weighted by molar-refractivity contribution is 0.928. The molecular formula is C48H36N10. The zero-order valence-corrected chi connectivity index (χ0v) is 32.9. The highest BCUT2D eigenvalue weighted by molar-refractivity contribution is 6.12. The number of pyridine rings is 1. The SMILES string of the molecule is Cc1cc(-c2cc(-n3c4ccccc4c4ccc(-c5nc(C)nc(C)n5)cc43)c(C#N)c(-n3c4ccccc4c4ccc(-c5nc(C)nc(C)n5)cc43)c2)cc(C)n1. The van der Waals surface area contributed by atoms with Gasteiger partial charge in [-0.05, 0) is 101 Å². The maximum absolute atomic E-state index is 11.5. The Balaban J connectivity index is 1.34. The quantitative estimate of drug-likeness (QED) is 0.170. The lowest BCUT2D eigenvalue weighted by Gasteiger charge is -2.19. The van der Waals surface area contributed by atoms with Crippen molar-refractivity contribution >= 4 is 43.6 Å². The van der Waals surface area contributed by atoms with Gasteiger partial charge in [-0.2, -0.15) is 5.26 Å². The number of para-hydroxylation sites is 2. The molecule has 0 saturated carbocycles. The highest BCUT2D eigenvalue weighted by atomic mass is 15.0. The average Bonchev–Trinajstić information content (AvgIpc) is 3.71.